The first-order valence-electron chi connectivity index (χ1n) is 10.9. The third kappa shape index (κ3) is 4.95. The zero-order valence-electron chi connectivity index (χ0n) is 18.3. The normalized spacial score (nSPS) is 28.6. The summed E-state index contributed by atoms with van der Waals surface area (Å²) in [5.41, 5.74) is 0.189. The van der Waals surface area contributed by atoms with Gasteiger partial charge in [0.25, 0.3) is 0 Å². The highest BCUT2D eigenvalue weighted by molar-refractivity contribution is 9.10. The highest BCUT2D eigenvalue weighted by Gasteiger charge is 2.67. The molecule has 31 heavy (non-hydrogen) atoms. The number of rotatable bonds is 0. The summed E-state index contributed by atoms with van der Waals surface area (Å²) in [6.45, 7) is 6.40. The maximum absolute atomic E-state index is 13.4. The number of halogens is 1. The topological polar surface area (TPSA) is 80.8 Å². The monoisotopic (exact) mass is 491 g/mol. The van der Waals surface area contributed by atoms with Crippen LogP contribution in [0.25, 0.3) is 0 Å². The molecule has 0 aromatic carbocycles. The van der Waals surface area contributed by atoms with E-state index in [-0.39, 0.29) is 17.4 Å². The van der Waals surface area contributed by atoms with Crippen LogP contribution in [0.5, 0.6) is 0 Å². The quantitative estimate of drug-likeness (QED) is 0.416. The molecule has 3 aliphatic rings. The number of carbonyl (C=O) groups is 2. The maximum atomic E-state index is 13.4. The Balaban J connectivity index is 1.63. The van der Waals surface area contributed by atoms with Gasteiger partial charge >= 0.3 is 6.09 Å². The van der Waals surface area contributed by atoms with Gasteiger partial charge < -0.3 is 14.8 Å². The van der Waals surface area contributed by atoms with Crippen LogP contribution < -0.4 is 5.32 Å². The number of piperidine rings is 1. The predicted octanol–water partition coefficient (Wildman–Crippen LogP) is 4.81. The summed E-state index contributed by atoms with van der Waals surface area (Å²) in [4.78, 5) is 32.5. The van der Waals surface area contributed by atoms with Crippen LogP contribution in [-0.4, -0.2) is 46.2 Å². The molecule has 3 heterocycles. The van der Waals surface area contributed by atoms with Gasteiger partial charge in [-0.2, -0.15) is 0 Å². The summed E-state index contributed by atoms with van der Waals surface area (Å²) in [5.74, 6) is 0.231. The standard InChI is InChI=1S/C23H30BrN3O4/c1-22(2,3)31-21(29)27-16-12-23(13-17(23)27)10-6-4-5-7-11-30-14-15-8-9-18(24)25-19(15)26-20(16)28/h5,7-9,16-17H,4,6,10-14H2,1-3H3,(H,25,26,28)/t16-,17+,23-/m0/s1. The number of likely N-dealkylation sites (tertiary alicyclic amines) is 1. The lowest BCUT2D eigenvalue weighted by atomic mass is 9.93. The number of carbonyl (C=O) groups excluding carboxylic acids is 2. The fourth-order valence-corrected chi connectivity index (χ4v) is 4.99. The lowest BCUT2D eigenvalue weighted by Crippen LogP contribution is -2.47. The number of ether oxygens (including phenoxy) is 2. The van der Waals surface area contributed by atoms with E-state index in [1.165, 1.54) is 0 Å². The maximum Gasteiger partial charge on any atom is 0.411 e. The van der Waals surface area contributed by atoms with Crippen molar-refractivity contribution in [2.45, 2.75) is 77.2 Å². The minimum atomic E-state index is -0.615. The van der Waals surface area contributed by atoms with Crippen molar-refractivity contribution >= 4 is 33.7 Å². The van der Waals surface area contributed by atoms with Crippen molar-refractivity contribution in [1.29, 1.82) is 0 Å². The van der Waals surface area contributed by atoms with Crippen LogP contribution in [-0.2, 0) is 20.9 Å². The Kier molecular flexibility index (Phi) is 6.14. The van der Waals surface area contributed by atoms with Gasteiger partial charge in [0.1, 0.15) is 22.1 Å². The Morgan fingerprint density at radius 3 is 2.90 bits per heavy atom. The fourth-order valence-electron chi connectivity index (χ4n) is 4.68. The van der Waals surface area contributed by atoms with E-state index >= 15 is 0 Å². The molecule has 2 amide bonds. The first-order chi connectivity index (χ1) is 14.7. The molecule has 3 atom stereocenters. The van der Waals surface area contributed by atoms with E-state index in [1.54, 1.807) is 4.90 Å². The summed E-state index contributed by atoms with van der Waals surface area (Å²) in [5, 5.41) is 2.96. The molecule has 2 fully saturated rings. The molecule has 0 unspecified atom stereocenters. The smallest absolute Gasteiger partial charge is 0.411 e. The molecular weight excluding hydrogens is 462 g/mol. The average Bonchev–Trinajstić information content (AvgIpc) is 3.26. The summed E-state index contributed by atoms with van der Waals surface area (Å²) < 4.78 is 12.0. The number of nitrogens with one attached hydrogen (secondary N) is 1. The zero-order chi connectivity index (χ0) is 22.2. The van der Waals surface area contributed by atoms with Crippen LogP contribution in [0.1, 0.15) is 58.4 Å². The molecule has 1 aliphatic carbocycles. The second kappa shape index (κ2) is 8.54. The van der Waals surface area contributed by atoms with E-state index in [4.69, 9.17) is 9.47 Å². The van der Waals surface area contributed by atoms with Crippen molar-refractivity contribution in [2.24, 2.45) is 5.41 Å². The molecule has 1 saturated heterocycles. The van der Waals surface area contributed by atoms with E-state index in [0.29, 0.717) is 30.1 Å². The van der Waals surface area contributed by atoms with Crippen LogP contribution in [0, 0.1) is 5.41 Å². The minimum absolute atomic E-state index is 0.0109. The van der Waals surface area contributed by atoms with Gasteiger partial charge in [-0.15, -0.1) is 0 Å². The molecule has 2 aliphatic heterocycles. The van der Waals surface area contributed by atoms with Crippen molar-refractivity contribution in [2.75, 3.05) is 11.9 Å². The van der Waals surface area contributed by atoms with Gasteiger partial charge in [-0.05, 0) is 80.3 Å². The number of aromatic nitrogens is 1. The van der Waals surface area contributed by atoms with Crippen molar-refractivity contribution in [3.63, 3.8) is 0 Å². The lowest BCUT2D eigenvalue weighted by Gasteiger charge is -2.30. The van der Waals surface area contributed by atoms with Crippen LogP contribution in [0.2, 0.25) is 0 Å². The van der Waals surface area contributed by atoms with Gasteiger partial charge in [-0.25, -0.2) is 9.78 Å². The summed E-state index contributed by atoms with van der Waals surface area (Å²) in [7, 11) is 0. The number of hydrogen-bond acceptors (Lipinski definition) is 5. The molecule has 1 N–H and O–H groups in total. The van der Waals surface area contributed by atoms with E-state index in [2.05, 4.69) is 32.3 Å². The van der Waals surface area contributed by atoms with Gasteiger partial charge in [-0.1, -0.05) is 18.2 Å². The summed E-state index contributed by atoms with van der Waals surface area (Å²) in [6.07, 6.45) is 8.35. The molecular formula is C23H30BrN3O4. The zero-order valence-corrected chi connectivity index (χ0v) is 19.9. The number of nitrogens with zero attached hydrogens (tertiary/aromatic N) is 2. The van der Waals surface area contributed by atoms with Gasteiger partial charge in [0, 0.05) is 11.6 Å². The Morgan fingerprint density at radius 2 is 2.13 bits per heavy atom. The van der Waals surface area contributed by atoms with Crippen molar-refractivity contribution < 1.29 is 19.1 Å². The molecule has 8 heteroatoms. The Hall–Kier alpha value is -1.93. The minimum Gasteiger partial charge on any atom is -0.444 e. The second-order valence-corrected chi connectivity index (χ2v) is 10.5. The SMILES string of the molecule is CC(C)(C)OC(=O)N1[C@H]2C[C@@]3(CCCC=CCOCc4ccc(Br)nc4NC2=O)C[C@@H]13. The van der Waals surface area contributed by atoms with E-state index in [1.807, 2.05) is 39.0 Å². The molecule has 1 aromatic heterocycles. The molecule has 1 saturated carbocycles. The second-order valence-electron chi connectivity index (χ2n) is 9.70. The van der Waals surface area contributed by atoms with E-state index < -0.39 is 17.7 Å². The van der Waals surface area contributed by atoms with Crippen LogP contribution >= 0.6 is 15.9 Å². The molecule has 2 bridgehead atoms. The number of anilines is 1. The van der Waals surface area contributed by atoms with Crippen molar-refractivity contribution in [1.82, 2.24) is 9.88 Å². The Morgan fingerprint density at radius 1 is 1.32 bits per heavy atom. The van der Waals surface area contributed by atoms with E-state index in [0.717, 1.165) is 31.2 Å². The van der Waals surface area contributed by atoms with E-state index in [9.17, 15) is 9.59 Å². The average molecular weight is 492 g/mol. The summed E-state index contributed by atoms with van der Waals surface area (Å²) >= 11 is 3.38. The molecule has 7 nitrogen and oxygen atoms in total. The Labute approximate surface area is 191 Å². The third-order valence-corrected chi connectivity index (χ3v) is 6.64. The molecule has 168 valence electrons. The van der Waals surface area contributed by atoms with Crippen molar-refractivity contribution in [3.05, 3.63) is 34.5 Å². The van der Waals surface area contributed by atoms with Gasteiger partial charge in [0.2, 0.25) is 5.91 Å². The molecule has 1 spiro atoms. The van der Waals surface area contributed by atoms with Crippen LogP contribution in [0.15, 0.2) is 28.9 Å². The fraction of sp³-hybridized carbons (Fsp3) is 0.609. The number of fused-ring (bicyclic) bond motifs is 2. The largest absolute Gasteiger partial charge is 0.444 e. The third-order valence-electron chi connectivity index (χ3n) is 6.20. The molecule has 0 radical (unpaired) electrons. The Bertz CT molecular complexity index is 897. The van der Waals surface area contributed by atoms with Crippen LogP contribution in [0.3, 0.4) is 0 Å². The van der Waals surface area contributed by atoms with Crippen LogP contribution in [0.4, 0.5) is 10.6 Å². The number of hydrogen-bond donors (Lipinski definition) is 1. The van der Waals surface area contributed by atoms with Gasteiger partial charge in [-0.3, -0.25) is 9.69 Å². The van der Waals surface area contributed by atoms with Gasteiger partial charge in [0.15, 0.2) is 0 Å². The predicted molar refractivity (Wildman–Crippen MR) is 121 cm³/mol. The molecule has 4 rings (SSSR count). The first kappa shape index (κ1) is 22.3. The van der Waals surface area contributed by atoms with Gasteiger partial charge in [0.05, 0.1) is 13.2 Å². The first-order valence-corrected chi connectivity index (χ1v) is 11.7. The highest BCUT2D eigenvalue weighted by atomic mass is 79.9. The molecule has 1 aromatic rings. The van der Waals surface area contributed by atoms with Crippen molar-refractivity contribution in [3.8, 4) is 0 Å². The number of allylic oxidation sites excluding steroid dienone is 1. The highest BCUT2D eigenvalue weighted by Crippen LogP contribution is 2.62. The summed E-state index contributed by atoms with van der Waals surface area (Å²) in [6, 6.07) is 3.20. The number of amides is 2. The lowest BCUT2D eigenvalue weighted by molar-refractivity contribution is -0.121. The number of pyridine rings is 1.